The van der Waals surface area contributed by atoms with E-state index in [1.807, 2.05) is 0 Å². The molecule has 0 bridgehead atoms. The molecule has 7 heteroatoms. The average molecular weight is 273 g/mol. The first-order valence-corrected chi connectivity index (χ1v) is 5.63. The predicted molar refractivity (Wildman–Crippen MR) is 59.5 cm³/mol. The number of thiazole rings is 1. The summed E-state index contributed by atoms with van der Waals surface area (Å²) in [5, 5.41) is 9.77. The number of alkyl halides is 3. The highest BCUT2D eigenvalue weighted by atomic mass is 32.1. The highest BCUT2D eigenvalue weighted by molar-refractivity contribution is 7.11. The van der Waals surface area contributed by atoms with Crippen molar-refractivity contribution in [2.75, 3.05) is 0 Å². The smallest absolute Gasteiger partial charge is 0.417 e. The predicted octanol–water partition coefficient (Wildman–Crippen LogP) is 3.53. The van der Waals surface area contributed by atoms with E-state index in [2.05, 4.69) is 4.98 Å². The fourth-order valence-corrected chi connectivity index (χ4v) is 2.10. The summed E-state index contributed by atoms with van der Waals surface area (Å²) in [5.41, 5.74) is -0.925. The van der Waals surface area contributed by atoms with Gasteiger partial charge in [-0.25, -0.2) is 9.78 Å². The van der Waals surface area contributed by atoms with Crippen molar-refractivity contribution in [3.63, 3.8) is 0 Å². The molecule has 94 valence electrons. The summed E-state index contributed by atoms with van der Waals surface area (Å²) in [5.74, 6) is -1.25. The molecule has 3 nitrogen and oxygen atoms in total. The summed E-state index contributed by atoms with van der Waals surface area (Å²) in [7, 11) is 0. The summed E-state index contributed by atoms with van der Waals surface area (Å²) >= 11 is 0.794. The standard InChI is InChI=1S/C11H6F3NO2S/c12-11(13,14)7-4-2-1-3-6(7)8-5-18-9(15-8)10(16)17/h1-5H,(H,16,17). The third kappa shape index (κ3) is 2.35. The molecular weight excluding hydrogens is 267 g/mol. The number of nitrogens with zero attached hydrogens (tertiary/aromatic N) is 1. The molecule has 0 aliphatic heterocycles. The van der Waals surface area contributed by atoms with Gasteiger partial charge in [-0.3, -0.25) is 0 Å². The van der Waals surface area contributed by atoms with Crippen LogP contribution in [-0.4, -0.2) is 16.1 Å². The van der Waals surface area contributed by atoms with Gasteiger partial charge in [0.2, 0.25) is 5.01 Å². The van der Waals surface area contributed by atoms with Crippen LogP contribution in [0.3, 0.4) is 0 Å². The van der Waals surface area contributed by atoms with Gasteiger partial charge in [0.25, 0.3) is 0 Å². The molecule has 1 aromatic carbocycles. The lowest BCUT2D eigenvalue weighted by Crippen LogP contribution is -2.07. The van der Waals surface area contributed by atoms with Crippen LogP contribution in [0.4, 0.5) is 13.2 Å². The lowest BCUT2D eigenvalue weighted by atomic mass is 10.1. The van der Waals surface area contributed by atoms with Gasteiger partial charge in [-0.1, -0.05) is 18.2 Å². The largest absolute Gasteiger partial charge is 0.476 e. The Bertz CT molecular complexity index is 592. The third-order valence-electron chi connectivity index (χ3n) is 2.20. The molecule has 0 fully saturated rings. The highest BCUT2D eigenvalue weighted by Gasteiger charge is 2.33. The van der Waals surface area contributed by atoms with Gasteiger partial charge in [0, 0.05) is 10.9 Å². The molecule has 0 atom stereocenters. The van der Waals surface area contributed by atoms with Crippen molar-refractivity contribution >= 4 is 17.3 Å². The second-order valence-electron chi connectivity index (χ2n) is 3.39. The van der Waals surface area contributed by atoms with E-state index in [1.165, 1.54) is 23.6 Å². The molecule has 0 unspecified atom stereocenters. The van der Waals surface area contributed by atoms with Crippen LogP contribution in [0.1, 0.15) is 15.4 Å². The number of carboxylic acids is 1. The Hall–Kier alpha value is -1.89. The summed E-state index contributed by atoms with van der Waals surface area (Å²) in [6.07, 6.45) is -4.50. The van der Waals surface area contributed by atoms with E-state index < -0.39 is 17.7 Å². The monoisotopic (exact) mass is 273 g/mol. The van der Waals surface area contributed by atoms with Crippen LogP contribution in [0, 0.1) is 0 Å². The lowest BCUT2D eigenvalue weighted by Gasteiger charge is -2.10. The Morgan fingerprint density at radius 2 is 1.94 bits per heavy atom. The molecule has 0 radical (unpaired) electrons. The minimum absolute atomic E-state index is 0.0188. The van der Waals surface area contributed by atoms with Crippen LogP contribution in [0.25, 0.3) is 11.3 Å². The Morgan fingerprint density at radius 1 is 1.28 bits per heavy atom. The molecule has 2 rings (SSSR count). The molecule has 1 N–H and O–H groups in total. The van der Waals surface area contributed by atoms with E-state index in [9.17, 15) is 18.0 Å². The first-order chi connectivity index (χ1) is 8.39. The van der Waals surface area contributed by atoms with Crippen LogP contribution in [-0.2, 0) is 6.18 Å². The van der Waals surface area contributed by atoms with E-state index in [4.69, 9.17) is 5.11 Å². The number of carbonyl (C=O) groups is 1. The van der Waals surface area contributed by atoms with E-state index in [0.29, 0.717) is 0 Å². The molecule has 0 aliphatic rings. The zero-order valence-electron chi connectivity index (χ0n) is 8.73. The fraction of sp³-hybridized carbons (Fsp3) is 0.0909. The fourth-order valence-electron chi connectivity index (χ4n) is 1.45. The Balaban J connectivity index is 2.53. The highest BCUT2D eigenvalue weighted by Crippen LogP contribution is 2.37. The number of hydrogen-bond acceptors (Lipinski definition) is 3. The second-order valence-corrected chi connectivity index (χ2v) is 4.24. The molecule has 1 heterocycles. The molecule has 0 aliphatic carbocycles. The number of benzene rings is 1. The number of aromatic carboxylic acids is 1. The van der Waals surface area contributed by atoms with E-state index in [1.54, 1.807) is 0 Å². The second kappa shape index (κ2) is 4.41. The first-order valence-electron chi connectivity index (χ1n) is 4.75. The molecule has 0 saturated heterocycles. The molecule has 2 aromatic rings. The lowest BCUT2D eigenvalue weighted by molar-refractivity contribution is -0.137. The topological polar surface area (TPSA) is 50.2 Å². The number of halogens is 3. The maximum Gasteiger partial charge on any atom is 0.417 e. The van der Waals surface area contributed by atoms with Crippen molar-refractivity contribution < 1.29 is 23.1 Å². The summed E-state index contributed by atoms with van der Waals surface area (Å²) in [6, 6.07) is 4.93. The van der Waals surface area contributed by atoms with Crippen LogP contribution in [0.2, 0.25) is 0 Å². The molecule has 0 spiro atoms. The van der Waals surface area contributed by atoms with Crippen LogP contribution in [0.15, 0.2) is 29.6 Å². The number of aromatic nitrogens is 1. The van der Waals surface area contributed by atoms with Gasteiger partial charge < -0.3 is 5.11 Å². The summed E-state index contributed by atoms with van der Waals surface area (Å²) in [6.45, 7) is 0. The third-order valence-corrected chi connectivity index (χ3v) is 3.03. The van der Waals surface area contributed by atoms with Crippen molar-refractivity contribution in [1.82, 2.24) is 4.98 Å². The van der Waals surface area contributed by atoms with Gasteiger partial charge in [-0.15, -0.1) is 11.3 Å². The average Bonchev–Trinajstić information content (AvgIpc) is 2.77. The molecular formula is C11H6F3NO2S. The zero-order valence-corrected chi connectivity index (χ0v) is 9.55. The van der Waals surface area contributed by atoms with Gasteiger partial charge in [0.15, 0.2) is 0 Å². The van der Waals surface area contributed by atoms with Gasteiger partial charge in [-0.2, -0.15) is 13.2 Å². The summed E-state index contributed by atoms with van der Waals surface area (Å²) < 4.78 is 38.3. The van der Waals surface area contributed by atoms with Gasteiger partial charge in [0.05, 0.1) is 11.3 Å². The molecule has 1 aromatic heterocycles. The summed E-state index contributed by atoms with van der Waals surface area (Å²) in [4.78, 5) is 14.3. The van der Waals surface area contributed by atoms with Crippen LogP contribution < -0.4 is 0 Å². The van der Waals surface area contributed by atoms with Gasteiger partial charge in [0.1, 0.15) is 0 Å². The molecule has 0 amide bonds. The van der Waals surface area contributed by atoms with Crippen molar-refractivity contribution in [3.05, 3.63) is 40.2 Å². The quantitative estimate of drug-likeness (QED) is 0.910. The SMILES string of the molecule is O=C(O)c1nc(-c2ccccc2C(F)(F)F)cs1. The van der Waals surface area contributed by atoms with Crippen LogP contribution >= 0.6 is 11.3 Å². The van der Waals surface area contributed by atoms with Crippen molar-refractivity contribution in [2.45, 2.75) is 6.18 Å². The van der Waals surface area contributed by atoms with E-state index in [0.717, 1.165) is 17.4 Å². The zero-order chi connectivity index (χ0) is 13.3. The first kappa shape index (κ1) is 12.6. The minimum Gasteiger partial charge on any atom is -0.476 e. The van der Waals surface area contributed by atoms with Gasteiger partial charge in [-0.05, 0) is 6.07 Å². The Labute approximate surface area is 104 Å². The molecule has 18 heavy (non-hydrogen) atoms. The molecule has 0 saturated carbocycles. The van der Waals surface area contributed by atoms with Gasteiger partial charge >= 0.3 is 12.1 Å². The van der Waals surface area contributed by atoms with Crippen molar-refractivity contribution in [1.29, 1.82) is 0 Å². The van der Waals surface area contributed by atoms with E-state index in [-0.39, 0.29) is 16.3 Å². The maximum atomic E-state index is 12.8. The number of carboxylic acid groups (broad SMARTS) is 1. The van der Waals surface area contributed by atoms with Crippen LogP contribution in [0.5, 0.6) is 0 Å². The van der Waals surface area contributed by atoms with Crippen molar-refractivity contribution in [2.24, 2.45) is 0 Å². The minimum atomic E-state index is -4.50. The van der Waals surface area contributed by atoms with E-state index >= 15 is 0 Å². The Morgan fingerprint density at radius 3 is 2.50 bits per heavy atom. The number of hydrogen-bond donors (Lipinski definition) is 1. The Kier molecular flexibility index (Phi) is 3.08. The normalized spacial score (nSPS) is 11.5. The van der Waals surface area contributed by atoms with Crippen molar-refractivity contribution in [3.8, 4) is 11.3 Å². The number of rotatable bonds is 2. The maximum absolute atomic E-state index is 12.8.